The van der Waals surface area contributed by atoms with Gasteiger partial charge in [0, 0.05) is 12.6 Å². The second-order valence-electron chi connectivity index (χ2n) is 5.14. The lowest BCUT2D eigenvalue weighted by Gasteiger charge is -2.29. The number of carbonyl (C=O) groups is 1. The number of nitrogens with two attached hydrogens (primary N) is 2. The van der Waals surface area contributed by atoms with Gasteiger partial charge in [0.25, 0.3) is 0 Å². The first-order valence-corrected chi connectivity index (χ1v) is 6.59. The van der Waals surface area contributed by atoms with E-state index in [0.717, 1.165) is 4.57 Å². The maximum absolute atomic E-state index is 11.8. The summed E-state index contributed by atoms with van der Waals surface area (Å²) in [6.07, 6.45) is -3.19. The number of hydrogen-bond acceptors (Lipinski definition) is 8. The predicted molar refractivity (Wildman–Crippen MR) is 73.3 cm³/mol. The van der Waals surface area contributed by atoms with E-state index in [4.69, 9.17) is 16.2 Å². The topological polar surface area (TPSA) is 174 Å². The van der Waals surface area contributed by atoms with Crippen molar-refractivity contribution < 1.29 is 24.9 Å². The van der Waals surface area contributed by atoms with E-state index in [9.17, 15) is 24.9 Å². The first kappa shape index (κ1) is 16.4. The van der Waals surface area contributed by atoms with Gasteiger partial charge in [-0.3, -0.25) is 9.36 Å². The van der Waals surface area contributed by atoms with Crippen molar-refractivity contribution >= 4 is 11.7 Å². The third-order valence-electron chi connectivity index (χ3n) is 3.71. The van der Waals surface area contributed by atoms with Crippen molar-refractivity contribution in [2.75, 3.05) is 12.3 Å². The molecule has 0 aromatic carbocycles. The maximum Gasteiger partial charge on any atom is 0.351 e. The molecule has 7 N–H and O–H groups in total. The van der Waals surface area contributed by atoms with Gasteiger partial charge < -0.3 is 31.5 Å². The molecule has 0 saturated carbocycles. The number of anilines is 1. The van der Waals surface area contributed by atoms with Gasteiger partial charge in [-0.05, 0) is 12.5 Å². The molecule has 22 heavy (non-hydrogen) atoms. The Labute approximate surface area is 124 Å². The molecule has 1 aliphatic heterocycles. The quantitative estimate of drug-likeness (QED) is 0.384. The number of nitrogen functional groups attached to an aromatic ring is 1. The summed E-state index contributed by atoms with van der Waals surface area (Å²) in [7, 11) is 0. The van der Waals surface area contributed by atoms with Crippen LogP contribution in [-0.4, -0.2) is 55.2 Å². The highest BCUT2D eigenvalue weighted by atomic mass is 16.6. The van der Waals surface area contributed by atoms with Crippen LogP contribution in [0.2, 0.25) is 0 Å². The van der Waals surface area contributed by atoms with Crippen molar-refractivity contribution in [2.24, 2.45) is 5.73 Å². The summed E-state index contributed by atoms with van der Waals surface area (Å²) < 4.78 is 6.31. The Hall–Kier alpha value is -2.01. The second-order valence-corrected chi connectivity index (χ2v) is 5.14. The molecule has 1 fully saturated rings. The monoisotopic (exact) mass is 314 g/mol. The van der Waals surface area contributed by atoms with Crippen LogP contribution in [0.1, 0.15) is 19.1 Å². The minimum absolute atomic E-state index is 0.00330. The first-order valence-electron chi connectivity index (χ1n) is 6.59. The van der Waals surface area contributed by atoms with Crippen molar-refractivity contribution in [3.05, 3.63) is 22.7 Å². The van der Waals surface area contributed by atoms with Crippen LogP contribution in [0.3, 0.4) is 0 Å². The summed E-state index contributed by atoms with van der Waals surface area (Å²) in [5, 5.41) is 30.2. The largest absolute Gasteiger partial charge is 0.394 e. The van der Waals surface area contributed by atoms with Gasteiger partial charge in [-0.15, -0.1) is 0 Å². The number of rotatable bonds is 5. The number of amides is 1. The van der Waals surface area contributed by atoms with Crippen molar-refractivity contribution in [1.29, 1.82) is 0 Å². The zero-order chi connectivity index (χ0) is 16.5. The average Bonchev–Trinajstić information content (AvgIpc) is 2.70. The van der Waals surface area contributed by atoms with E-state index in [-0.39, 0.29) is 18.7 Å². The third kappa shape index (κ3) is 2.81. The van der Waals surface area contributed by atoms with E-state index in [0.29, 0.717) is 0 Å². The fraction of sp³-hybridized carbons (Fsp3) is 0.583. The average molecular weight is 314 g/mol. The van der Waals surface area contributed by atoms with Crippen molar-refractivity contribution in [3.63, 3.8) is 0 Å². The van der Waals surface area contributed by atoms with E-state index >= 15 is 0 Å². The van der Waals surface area contributed by atoms with Crippen molar-refractivity contribution in [1.82, 2.24) is 9.55 Å². The fourth-order valence-electron chi connectivity index (χ4n) is 2.47. The lowest BCUT2D eigenvalue weighted by atomic mass is 9.87. The van der Waals surface area contributed by atoms with Crippen LogP contribution in [0.15, 0.2) is 17.1 Å². The molecule has 0 bridgehead atoms. The molecule has 1 amide bonds. The summed E-state index contributed by atoms with van der Waals surface area (Å²) >= 11 is 0. The molecule has 0 radical (unpaired) electrons. The van der Waals surface area contributed by atoms with E-state index in [1.807, 2.05) is 0 Å². The van der Waals surface area contributed by atoms with E-state index in [1.54, 1.807) is 0 Å². The zero-order valence-corrected chi connectivity index (χ0v) is 11.6. The van der Waals surface area contributed by atoms with Gasteiger partial charge in [0.15, 0.2) is 6.23 Å². The summed E-state index contributed by atoms with van der Waals surface area (Å²) in [6.45, 7) is -0.611. The molecular formula is C12H18N4O6. The molecule has 1 aromatic heterocycles. The number of nitrogens with zero attached hydrogens (tertiary/aromatic N) is 2. The van der Waals surface area contributed by atoms with Crippen molar-refractivity contribution in [3.8, 4) is 0 Å². The number of aromatic nitrogens is 2. The molecule has 1 saturated heterocycles. The van der Waals surface area contributed by atoms with Crippen LogP contribution in [0, 0.1) is 0 Å². The van der Waals surface area contributed by atoms with Gasteiger partial charge in [0.1, 0.15) is 23.6 Å². The fourth-order valence-corrected chi connectivity index (χ4v) is 2.47. The maximum atomic E-state index is 11.8. The van der Waals surface area contributed by atoms with Crippen LogP contribution in [0.5, 0.6) is 0 Å². The molecule has 2 rings (SSSR count). The van der Waals surface area contributed by atoms with Crippen molar-refractivity contribution in [2.45, 2.75) is 36.9 Å². The Morgan fingerprint density at radius 1 is 1.55 bits per heavy atom. The number of carbonyl (C=O) groups excluding carboxylic acids is 1. The smallest absolute Gasteiger partial charge is 0.351 e. The molecule has 2 heterocycles. The summed E-state index contributed by atoms with van der Waals surface area (Å²) in [5.41, 5.74) is 7.72. The predicted octanol–water partition coefficient (Wildman–Crippen LogP) is -2.93. The normalized spacial score (nSPS) is 31.3. The SMILES string of the molecule is NC(=O)CC[C@@]1(O)[C@@H](CO)O[C@@H](n2ccc(N)nc2=O)[C@@H]1O. The lowest BCUT2D eigenvalue weighted by molar-refractivity contribution is -0.124. The number of hydrogen-bond donors (Lipinski definition) is 5. The Kier molecular flexibility index (Phi) is 4.47. The third-order valence-corrected chi connectivity index (χ3v) is 3.71. The number of ether oxygens (including phenoxy) is 1. The molecule has 0 unspecified atom stereocenters. The molecule has 1 aliphatic rings. The van der Waals surface area contributed by atoms with Crippen LogP contribution in [-0.2, 0) is 9.53 Å². The number of aliphatic hydroxyl groups is 3. The van der Waals surface area contributed by atoms with Gasteiger partial charge in [0.05, 0.1) is 6.61 Å². The standard InChI is InChI=1S/C12H18N4O6/c13-7-2-4-16(11(20)15-7)10-9(19)12(21,3-1-8(14)18)6(5-17)22-10/h2,4,6,9-10,17,19,21H,1,3,5H2,(H2,14,18)(H2,13,15,20)/t6-,9+,10-,12-/m1/s1. The molecule has 122 valence electrons. The molecule has 1 aromatic rings. The molecule has 4 atom stereocenters. The van der Waals surface area contributed by atoms with Gasteiger partial charge in [-0.25, -0.2) is 4.79 Å². The Morgan fingerprint density at radius 3 is 2.77 bits per heavy atom. The summed E-state index contributed by atoms with van der Waals surface area (Å²) in [6, 6.07) is 1.33. The van der Waals surface area contributed by atoms with E-state index in [2.05, 4.69) is 4.98 Å². The minimum atomic E-state index is -1.92. The highest BCUT2D eigenvalue weighted by Gasteiger charge is 2.55. The highest BCUT2D eigenvalue weighted by molar-refractivity contribution is 5.73. The van der Waals surface area contributed by atoms with Gasteiger partial charge in [0.2, 0.25) is 5.91 Å². The summed E-state index contributed by atoms with van der Waals surface area (Å²) in [5.74, 6) is -0.677. The Balaban J connectivity index is 2.32. The first-order chi connectivity index (χ1) is 10.3. The van der Waals surface area contributed by atoms with Gasteiger partial charge in [-0.1, -0.05) is 0 Å². The van der Waals surface area contributed by atoms with Gasteiger partial charge >= 0.3 is 5.69 Å². The molecule has 10 heteroatoms. The Morgan fingerprint density at radius 2 is 2.23 bits per heavy atom. The van der Waals surface area contributed by atoms with Crippen LogP contribution >= 0.6 is 0 Å². The molecule has 0 spiro atoms. The van der Waals surface area contributed by atoms with Crippen LogP contribution in [0.25, 0.3) is 0 Å². The van der Waals surface area contributed by atoms with Gasteiger partial charge in [-0.2, -0.15) is 4.98 Å². The van der Waals surface area contributed by atoms with Crippen LogP contribution < -0.4 is 17.2 Å². The second kappa shape index (κ2) is 6.01. The number of aliphatic hydroxyl groups excluding tert-OH is 2. The van der Waals surface area contributed by atoms with E-state index < -0.39 is 42.2 Å². The summed E-state index contributed by atoms with van der Waals surface area (Å²) in [4.78, 5) is 26.2. The Bertz CT molecular complexity index is 620. The molecule has 0 aliphatic carbocycles. The zero-order valence-electron chi connectivity index (χ0n) is 11.6. The minimum Gasteiger partial charge on any atom is -0.394 e. The number of primary amides is 1. The molecule has 10 nitrogen and oxygen atoms in total. The molecular weight excluding hydrogens is 296 g/mol. The van der Waals surface area contributed by atoms with Crippen LogP contribution in [0.4, 0.5) is 5.82 Å². The highest BCUT2D eigenvalue weighted by Crippen LogP contribution is 2.39. The van der Waals surface area contributed by atoms with E-state index in [1.165, 1.54) is 12.3 Å². The lowest BCUT2D eigenvalue weighted by Crippen LogP contribution is -2.50.